The molecule has 0 aromatic carbocycles. The molecule has 2 aromatic rings. The molecule has 0 radical (unpaired) electrons. The lowest BCUT2D eigenvalue weighted by Crippen LogP contribution is -2.33. The van der Waals surface area contributed by atoms with Gasteiger partial charge in [0.25, 0.3) is 5.91 Å². The molecule has 0 bridgehead atoms. The van der Waals surface area contributed by atoms with E-state index in [9.17, 15) is 4.79 Å². The average molecular weight is 355 g/mol. The molecular formula is C18H25N7O. The van der Waals surface area contributed by atoms with Gasteiger partial charge in [0.1, 0.15) is 0 Å². The Morgan fingerprint density at radius 3 is 2.65 bits per heavy atom. The van der Waals surface area contributed by atoms with Gasteiger partial charge in [-0.25, -0.2) is 9.97 Å². The van der Waals surface area contributed by atoms with Crippen molar-refractivity contribution in [2.24, 2.45) is 0 Å². The Bertz CT molecular complexity index is 764. The third-order valence-electron chi connectivity index (χ3n) is 4.94. The van der Waals surface area contributed by atoms with Crippen LogP contribution in [0.1, 0.15) is 41.5 Å². The minimum absolute atomic E-state index is 0.0726. The van der Waals surface area contributed by atoms with Gasteiger partial charge in [0, 0.05) is 57.2 Å². The van der Waals surface area contributed by atoms with Gasteiger partial charge in [0.05, 0.1) is 12.2 Å². The number of rotatable bonds is 5. The third kappa shape index (κ3) is 3.55. The molecule has 0 aliphatic carbocycles. The number of likely N-dealkylation sites (tertiary alicyclic amines) is 1. The van der Waals surface area contributed by atoms with Gasteiger partial charge in [0.15, 0.2) is 5.69 Å². The molecular weight excluding hydrogens is 330 g/mol. The van der Waals surface area contributed by atoms with Crippen LogP contribution in [0.4, 0.5) is 5.95 Å². The predicted octanol–water partition coefficient (Wildman–Crippen LogP) is 1.36. The second-order valence-electron chi connectivity index (χ2n) is 6.90. The maximum atomic E-state index is 12.5. The molecule has 0 saturated carbocycles. The zero-order chi connectivity index (χ0) is 17.9. The second-order valence-corrected chi connectivity index (χ2v) is 6.90. The maximum absolute atomic E-state index is 12.5. The van der Waals surface area contributed by atoms with Gasteiger partial charge >= 0.3 is 0 Å². The fraction of sp³-hybridized carbons (Fsp3) is 0.556. The highest BCUT2D eigenvalue weighted by atomic mass is 16.2. The van der Waals surface area contributed by atoms with Crippen LogP contribution in [0.5, 0.6) is 0 Å². The quantitative estimate of drug-likeness (QED) is 0.872. The van der Waals surface area contributed by atoms with Crippen molar-refractivity contribution < 1.29 is 4.79 Å². The number of aromatic nitrogens is 4. The summed E-state index contributed by atoms with van der Waals surface area (Å²) in [5, 5.41) is 7.64. The van der Waals surface area contributed by atoms with E-state index in [1.165, 1.54) is 0 Å². The third-order valence-corrected chi connectivity index (χ3v) is 4.94. The Kier molecular flexibility index (Phi) is 4.83. The molecule has 1 N–H and O–H groups in total. The van der Waals surface area contributed by atoms with E-state index in [1.807, 2.05) is 35.0 Å². The summed E-state index contributed by atoms with van der Waals surface area (Å²) in [5.74, 6) is 0.737. The lowest BCUT2D eigenvalue weighted by Gasteiger charge is -2.27. The first-order valence-corrected chi connectivity index (χ1v) is 9.36. The standard InChI is InChI=1S/C18H25N7O/c1-2-19-18-20-10-14(11-21-18)12-23-7-8-25-15(13-23)9-16(22-25)17(26)24-5-3-4-6-24/h9-11H,2-8,12-13H2,1H3,(H,19,20,21). The van der Waals surface area contributed by atoms with Gasteiger partial charge in [0.2, 0.25) is 5.95 Å². The molecule has 8 heteroatoms. The topological polar surface area (TPSA) is 79.2 Å². The number of hydrogen-bond acceptors (Lipinski definition) is 6. The van der Waals surface area contributed by atoms with Crippen molar-refractivity contribution in [3.8, 4) is 0 Å². The number of nitrogens with zero attached hydrogens (tertiary/aromatic N) is 6. The van der Waals surface area contributed by atoms with Gasteiger partial charge in [-0.05, 0) is 25.8 Å². The lowest BCUT2D eigenvalue weighted by molar-refractivity contribution is 0.0786. The van der Waals surface area contributed by atoms with Crippen LogP contribution in [0.3, 0.4) is 0 Å². The summed E-state index contributed by atoms with van der Waals surface area (Å²) in [5.41, 5.74) is 2.78. The zero-order valence-electron chi connectivity index (χ0n) is 15.2. The van der Waals surface area contributed by atoms with Crippen LogP contribution >= 0.6 is 0 Å². The summed E-state index contributed by atoms with van der Waals surface area (Å²) in [6.45, 7) is 7.85. The summed E-state index contributed by atoms with van der Waals surface area (Å²) in [7, 11) is 0. The molecule has 1 fully saturated rings. The Labute approximate surface area is 153 Å². The fourth-order valence-corrected chi connectivity index (χ4v) is 3.59. The minimum atomic E-state index is 0.0726. The van der Waals surface area contributed by atoms with Crippen LogP contribution in [0.25, 0.3) is 0 Å². The Balaban J connectivity index is 1.40. The molecule has 8 nitrogen and oxygen atoms in total. The number of carbonyl (C=O) groups excluding carboxylic acids is 1. The Morgan fingerprint density at radius 2 is 1.92 bits per heavy atom. The molecule has 4 rings (SSSR count). The SMILES string of the molecule is CCNc1ncc(CN2CCn3nc(C(=O)N4CCCC4)cc3C2)cn1. The van der Waals surface area contributed by atoms with Crippen LogP contribution < -0.4 is 5.32 Å². The van der Waals surface area contributed by atoms with E-state index in [0.717, 1.165) is 69.9 Å². The summed E-state index contributed by atoms with van der Waals surface area (Å²) in [4.78, 5) is 25.5. The van der Waals surface area contributed by atoms with E-state index in [-0.39, 0.29) is 5.91 Å². The molecule has 0 unspecified atom stereocenters. The number of nitrogens with one attached hydrogen (secondary N) is 1. The molecule has 1 amide bonds. The normalized spacial score (nSPS) is 17.3. The fourth-order valence-electron chi connectivity index (χ4n) is 3.59. The predicted molar refractivity (Wildman–Crippen MR) is 97.7 cm³/mol. The van der Waals surface area contributed by atoms with Crippen LogP contribution in [0.15, 0.2) is 18.5 Å². The van der Waals surface area contributed by atoms with E-state index in [4.69, 9.17) is 0 Å². The first-order valence-electron chi connectivity index (χ1n) is 9.36. The number of fused-ring (bicyclic) bond motifs is 1. The second kappa shape index (κ2) is 7.41. The largest absolute Gasteiger partial charge is 0.355 e. The lowest BCUT2D eigenvalue weighted by atomic mass is 10.2. The molecule has 26 heavy (non-hydrogen) atoms. The van der Waals surface area contributed by atoms with Gasteiger partial charge < -0.3 is 10.2 Å². The highest BCUT2D eigenvalue weighted by Gasteiger charge is 2.25. The van der Waals surface area contributed by atoms with Crippen LogP contribution in [-0.2, 0) is 19.6 Å². The Morgan fingerprint density at radius 1 is 1.15 bits per heavy atom. The number of carbonyl (C=O) groups is 1. The number of amides is 1. The van der Waals surface area contributed by atoms with Gasteiger partial charge in [-0.3, -0.25) is 14.4 Å². The molecule has 138 valence electrons. The average Bonchev–Trinajstić information content (AvgIpc) is 3.32. The molecule has 2 aromatic heterocycles. The van der Waals surface area contributed by atoms with Crippen molar-refractivity contribution in [2.75, 3.05) is 31.5 Å². The van der Waals surface area contributed by atoms with E-state index in [1.54, 1.807) is 0 Å². The van der Waals surface area contributed by atoms with Crippen molar-refractivity contribution in [1.82, 2.24) is 29.5 Å². The number of hydrogen-bond donors (Lipinski definition) is 1. The van der Waals surface area contributed by atoms with E-state index >= 15 is 0 Å². The van der Waals surface area contributed by atoms with Crippen molar-refractivity contribution in [3.05, 3.63) is 35.4 Å². The van der Waals surface area contributed by atoms with E-state index in [0.29, 0.717) is 11.6 Å². The molecule has 0 spiro atoms. The molecule has 1 saturated heterocycles. The van der Waals surface area contributed by atoms with Crippen LogP contribution in [0, 0.1) is 0 Å². The number of anilines is 1. The summed E-state index contributed by atoms with van der Waals surface area (Å²) >= 11 is 0. The summed E-state index contributed by atoms with van der Waals surface area (Å²) in [6.07, 6.45) is 5.95. The van der Waals surface area contributed by atoms with Crippen LogP contribution in [0.2, 0.25) is 0 Å². The van der Waals surface area contributed by atoms with Gasteiger partial charge in [-0.1, -0.05) is 0 Å². The van der Waals surface area contributed by atoms with Gasteiger partial charge in [-0.15, -0.1) is 0 Å². The summed E-state index contributed by atoms with van der Waals surface area (Å²) < 4.78 is 1.98. The van der Waals surface area contributed by atoms with Crippen molar-refractivity contribution in [1.29, 1.82) is 0 Å². The molecule has 0 atom stereocenters. The minimum Gasteiger partial charge on any atom is -0.355 e. The smallest absolute Gasteiger partial charge is 0.274 e. The highest BCUT2D eigenvalue weighted by Crippen LogP contribution is 2.18. The maximum Gasteiger partial charge on any atom is 0.274 e. The van der Waals surface area contributed by atoms with Gasteiger partial charge in [-0.2, -0.15) is 5.10 Å². The first-order chi connectivity index (χ1) is 12.7. The first kappa shape index (κ1) is 17.0. The highest BCUT2D eigenvalue weighted by molar-refractivity contribution is 5.92. The summed E-state index contributed by atoms with van der Waals surface area (Å²) in [6, 6.07) is 1.96. The van der Waals surface area contributed by atoms with Crippen molar-refractivity contribution in [2.45, 2.75) is 39.4 Å². The van der Waals surface area contributed by atoms with Crippen molar-refractivity contribution >= 4 is 11.9 Å². The monoisotopic (exact) mass is 355 g/mol. The van der Waals surface area contributed by atoms with E-state index in [2.05, 4.69) is 25.3 Å². The zero-order valence-corrected chi connectivity index (χ0v) is 15.2. The Hall–Kier alpha value is -2.48. The molecule has 2 aliphatic rings. The van der Waals surface area contributed by atoms with Crippen LogP contribution in [-0.4, -0.2) is 61.6 Å². The molecule has 2 aliphatic heterocycles. The van der Waals surface area contributed by atoms with E-state index < -0.39 is 0 Å². The van der Waals surface area contributed by atoms with Crippen molar-refractivity contribution in [3.63, 3.8) is 0 Å². The molecule has 4 heterocycles.